The van der Waals surface area contributed by atoms with Crippen LogP contribution in [-0.2, 0) is 0 Å². The summed E-state index contributed by atoms with van der Waals surface area (Å²) in [5.74, 6) is 0.436. The molecule has 1 aromatic carbocycles. The van der Waals surface area contributed by atoms with Crippen LogP contribution in [0.1, 0.15) is 12.1 Å². The summed E-state index contributed by atoms with van der Waals surface area (Å²) in [5.41, 5.74) is 11.2. The molecule has 0 radical (unpaired) electrons. The van der Waals surface area contributed by atoms with Gasteiger partial charge in [-0.25, -0.2) is 4.39 Å². The number of hydrogen-bond acceptors (Lipinski definition) is 6. The number of nitrogens with zero attached hydrogens (tertiary/aromatic N) is 4. The van der Waals surface area contributed by atoms with Gasteiger partial charge in [-0.1, -0.05) is 0 Å². The number of nitrogens with one attached hydrogen (secondary N) is 1. The van der Waals surface area contributed by atoms with Crippen LogP contribution in [0.5, 0.6) is 5.75 Å². The molecule has 2 aliphatic rings. The zero-order valence-corrected chi connectivity index (χ0v) is 16.1. The summed E-state index contributed by atoms with van der Waals surface area (Å²) in [6.07, 6.45) is 2.39. The normalized spacial score (nSPS) is 17.8. The van der Waals surface area contributed by atoms with Crippen LogP contribution < -0.4 is 20.8 Å². The number of halogens is 1. The van der Waals surface area contributed by atoms with E-state index < -0.39 is 0 Å². The number of pyridine rings is 1. The number of ether oxygens (including phenoxy) is 1. The van der Waals surface area contributed by atoms with Gasteiger partial charge < -0.3 is 20.3 Å². The summed E-state index contributed by atoms with van der Waals surface area (Å²) in [4.78, 5) is 8.38. The largest absolute Gasteiger partial charge is 0.491 e. The van der Waals surface area contributed by atoms with Crippen molar-refractivity contribution in [3.8, 4) is 5.75 Å². The molecule has 7 nitrogen and oxygen atoms in total. The summed E-state index contributed by atoms with van der Waals surface area (Å²) in [5, 5.41) is 5.00. The molecule has 1 fully saturated rings. The number of rotatable bonds is 2. The Labute approximate surface area is 168 Å². The predicted octanol–water partition coefficient (Wildman–Crippen LogP) is 1.99. The highest BCUT2D eigenvalue weighted by molar-refractivity contribution is 7.80. The van der Waals surface area contributed by atoms with Gasteiger partial charge in [-0.15, -0.1) is 0 Å². The third-order valence-electron chi connectivity index (χ3n) is 4.81. The third-order valence-corrected chi connectivity index (χ3v) is 5.16. The molecular weight excluding hydrogens is 379 g/mol. The van der Waals surface area contributed by atoms with Crippen molar-refractivity contribution < 1.29 is 9.13 Å². The Bertz CT molecular complexity index is 913. The molecule has 1 saturated heterocycles. The number of piperazine rings is 1. The van der Waals surface area contributed by atoms with E-state index in [0.717, 1.165) is 17.2 Å². The maximum atomic E-state index is 14.1. The first-order chi connectivity index (χ1) is 13.6. The molecule has 1 aromatic heterocycles. The van der Waals surface area contributed by atoms with Gasteiger partial charge >= 0.3 is 0 Å². The lowest BCUT2D eigenvalue weighted by atomic mass is 10.1. The zero-order valence-electron chi connectivity index (χ0n) is 15.3. The number of benzene rings is 1. The summed E-state index contributed by atoms with van der Waals surface area (Å²) in [6, 6.07) is 8.50. The molecule has 0 spiro atoms. The van der Waals surface area contributed by atoms with Crippen LogP contribution in [0.3, 0.4) is 0 Å². The highest BCUT2D eigenvalue weighted by Gasteiger charge is 2.22. The molecule has 0 amide bonds. The molecule has 0 atom stereocenters. The Kier molecular flexibility index (Phi) is 5.25. The van der Waals surface area contributed by atoms with Gasteiger partial charge in [0.15, 0.2) is 5.11 Å². The van der Waals surface area contributed by atoms with Gasteiger partial charge in [0.05, 0.1) is 18.0 Å². The molecule has 0 saturated carbocycles. The standard InChI is InChI=1S/C19H21FN6OS/c20-14-12-13(21)3-4-16(14)25-7-9-26(10-8-25)19(28)24-23-15-5-11-27-17-2-1-6-22-18(15)17/h1-4,6,12H,5,7-11,21H2,(H,24,28)/b23-15-. The molecule has 0 unspecified atom stereocenters. The van der Waals surface area contributed by atoms with Crippen LogP contribution >= 0.6 is 12.2 Å². The molecule has 9 heteroatoms. The lowest BCUT2D eigenvalue weighted by Gasteiger charge is -2.37. The summed E-state index contributed by atoms with van der Waals surface area (Å²) in [7, 11) is 0. The van der Waals surface area contributed by atoms with Gasteiger partial charge in [-0.05, 0) is 42.5 Å². The smallest absolute Gasteiger partial charge is 0.189 e. The Morgan fingerprint density at radius 2 is 2.07 bits per heavy atom. The van der Waals surface area contributed by atoms with Crippen molar-refractivity contribution in [2.24, 2.45) is 5.10 Å². The highest BCUT2D eigenvalue weighted by atomic mass is 32.1. The summed E-state index contributed by atoms with van der Waals surface area (Å²) >= 11 is 5.49. The Morgan fingerprint density at radius 3 is 2.86 bits per heavy atom. The molecule has 3 heterocycles. The number of aromatic nitrogens is 1. The minimum Gasteiger partial charge on any atom is -0.491 e. The fraction of sp³-hybridized carbons (Fsp3) is 0.316. The van der Waals surface area contributed by atoms with Crippen molar-refractivity contribution in [2.75, 3.05) is 43.4 Å². The van der Waals surface area contributed by atoms with Gasteiger partial charge in [-0.2, -0.15) is 5.10 Å². The Hall–Kier alpha value is -2.94. The molecule has 28 heavy (non-hydrogen) atoms. The van der Waals surface area contributed by atoms with Crippen LogP contribution in [-0.4, -0.2) is 53.5 Å². The second-order valence-corrected chi connectivity index (χ2v) is 7.00. The van der Waals surface area contributed by atoms with Crippen molar-refractivity contribution in [2.45, 2.75) is 6.42 Å². The topological polar surface area (TPSA) is 79.0 Å². The Balaban J connectivity index is 1.36. The fourth-order valence-corrected chi connectivity index (χ4v) is 3.55. The maximum Gasteiger partial charge on any atom is 0.189 e. The molecule has 0 aliphatic carbocycles. The number of nitrogens with two attached hydrogens (primary N) is 1. The zero-order chi connectivity index (χ0) is 19.5. The van der Waals surface area contributed by atoms with Crippen LogP contribution in [0.4, 0.5) is 15.8 Å². The van der Waals surface area contributed by atoms with Crippen molar-refractivity contribution >= 4 is 34.4 Å². The molecular formula is C19H21FN6OS. The third kappa shape index (κ3) is 3.84. The number of nitrogen functional groups attached to an aromatic ring is 1. The van der Waals surface area contributed by atoms with Gasteiger partial charge in [0.2, 0.25) is 0 Å². The second-order valence-electron chi connectivity index (χ2n) is 6.61. The molecule has 146 valence electrons. The van der Waals surface area contributed by atoms with Gasteiger partial charge in [0.25, 0.3) is 0 Å². The van der Waals surface area contributed by atoms with E-state index in [-0.39, 0.29) is 5.82 Å². The second kappa shape index (κ2) is 7.97. The predicted molar refractivity (Wildman–Crippen MR) is 111 cm³/mol. The quantitative estimate of drug-likeness (QED) is 0.453. The highest BCUT2D eigenvalue weighted by Crippen LogP contribution is 2.23. The average molecular weight is 400 g/mol. The lowest BCUT2D eigenvalue weighted by Crippen LogP contribution is -2.51. The Morgan fingerprint density at radius 1 is 1.25 bits per heavy atom. The SMILES string of the molecule is Nc1ccc(N2CCN(C(=S)N/N=C3/CCOc4cccnc43)CC2)c(F)c1. The minimum atomic E-state index is -0.300. The van der Waals surface area contributed by atoms with E-state index in [0.29, 0.717) is 55.7 Å². The van der Waals surface area contributed by atoms with Crippen molar-refractivity contribution in [3.05, 3.63) is 48.0 Å². The molecule has 2 aromatic rings. The van der Waals surface area contributed by atoms with Gasteiger partial charge in [0.1, 0.15) is 17.3 Å². The van der Waals surface area contributed by atoms with E-state index in [4.69, 9.17) is 22.7 Å². The number of hydrazone groups is 1. The van der Waals surface area contributed by atoms with Crippen LogP contribution in [0.2, 0.25) is 0 Å². The summed E-state index contributed by atoms with van der Waals surface area (Å²) in [6.45, 7) is 3.25. The van der Waals surface area contributed by atoms with Crippen LogP contribution in [0.15, 0.2) is 41.6 Å². The van der Waals surface area contributed by atoms with E-state index in [1.54, 1.807) is 18.3 Å². The van der Waals surface area contributed by atoms with Crippen molar-refractivity contribution in [1.82, 2.24) is 15.3 Å². The molecule has 4 rings (SSSR count). The van der Waals surface area contributed by atoms with Crippen LogP contribution in [0, 0.1) is 5.82 Å². The monoisotopic (exact) mass is 400 g/mol. The number of anilines is 2. The first-order valence-electron chi connectivity index (χ1n) is 9.11. The first kappa shape index (κ1) is 18.4. The number of fused-ring (bicyclic) bond motifs is 1. The fourth-order valence-electron chi connectivity index (χ4n) is 3.32. The lowest BCUT2D eigenvalue weighted by molar-refractivity contribution is 0.318. The number of thiocarbonyl (C=S) groups is 1. The van der Waals surface area contributed by atoms with E-state index in [1.165, 1.54) is 6.07 Å². The van der Waals surface area contributed by atoms with Crippen LogP contribution in [0.25, 0.3) is 0 Å². The van der Waals surface area contributed by atoms with Gasteiger partial charge in [-0.3, -0.25) is 10.4 Å². The average Bonchev–Trinajstić information content (AvgIpc) is 2.72. The van der Waals surface area contributed by atoms with E-state index in [1.807, 2.05) is 21.9 Å². The summed E-state index contributed by atoms with van der Waals surface area (Å²) < 4.78 is 19.7. The molecule has 3 N–H and O–H groups in total. The first-order valence-corrected chi connectivity index (χ1v) is 9.52. The van der Waals surface area contributed by atoms with E-state index >= 15 is 0 Å². The molecule has 0 bridgehead atoms. The van der Waals surface area contributed by atoms with E-state index in [2.05, 4.69) is 15.5 Å². The van der Waals surface area contributed by atoms with Crippen molar-refractivity contribution in [3.63, 3.8) is 0 Å². The van der Waals surface area contributed by atoms with Crippen molar-refractivity contribution in [1.29, 1.82) is 0 Å². The van der Waals surface area contributed by atoms with E-state index in [9.17, 15) is 4.39 Å². The van der Waals surface area contributed by atoms with Gasteiger partial charge in [0, 0.05) is 44.5 Å². The maximum absolute atomic E-state index is 14.1. The molecule has 2 aliphatic heterocycles. The minimum absolute atomic E-state index is 0.300. The number of hydrogen-bond donors (Lipinski definition) is 2.